The number of aromatic amines is 1. The van der Waals surface area contributed by atoms with E-state index in [-0.39, 0.29) is 17.0 Å². The van der Waals surface area contributed by atoms with Crippen LogP contribution in [0.5, 0.6) is 11.5 Å². The van der Waals surface area contributed by atoms with Crippen molar-refractivity contribution in [3.8, 4) is 17.6 Å². The zero-order chi connectivity index (χ0) is 18.8. The van der Waals surface area contributed by atoms with E-state index in [1.54, 1.807) is 38.5 Å². The van der Waals surface area contributed by atoms with Crippen LogP contribution in [0.3, 0.4) is 0 Å². The molecule has 0 aliphatic heterocycles. The second-order valence-corrected chi connectivity index (χ2v) is 6.90. The van der Waals surface area contributed by atoms with Gasteiger partial charge in [0.1, 0.15) is 22.4 Å². The molecule has 1 aromatic carbocycles. The number of benzene rings is 1. The Hall–Kier alpha value is -3.11. The molecular weight excluding hydrogens is 350 g/mol. The van der Waals surface area contributed by atoms with E-state index in [4.69, 9.17) is 9.47 Å². The van der Waals surface area contributed by atoms with Gasteiger partial charge in [-0.3, -0.25) is 4.79 Å². The number of hydrogen-bond acceptors (Lipinski definition) is 6. The molecule has 0 aliphatic carbocycles. The van der Waals surface area contributed by atoms with Crippen LogP contribution in [-0.2, 0) is 0 Å². The predicted octanol–water partition coefficient (Wildman–Crippen LogP) is 3.68. The van der Waals surface area contributed by atoms with Crippen LogP contribution < -0.4 is 15.0 Å². The number of nitriles is 1. The molecular formula is C19H17N3O3S. The first-order valence-electron chi connectivity index (χ1n) is 7.82. The topological polar surface area (TPSA) is 88.0 Å². The SMILES string of the molecule is COc1cc(/C=C(\C#N)c2nc3sc(C)c(C)c3c(=O)[nH]2)cc(OC)c1. The number of nitrogens with one attached hydrogen (secondary N) is 1. The van der Waals surface area contributed by atoms with Crippen molar-refractivity contribution in [2.24, 2.45) is 0 Å². The summed E-state index contributed by atoms with van der Waals surface area (Å²) < 4.78 is 10.5. The van der Waals surface area contributed by atoms with Gasteiger partial charge in [-0.1, -0.05) is 0 Å². The molecule has 132 valence electrons. The molecule has 0 amide bonds. The van der Waals surface area contributed by atoms with Crippen molar-refractivity contribution >= 4 is 33.2 Å². The largest absolute Gasteiger partial charge is 0.497 e. The number of ether oxygens (including phenoxy) is 2. The lowest BCUT2D eigenvalue weighted by Crippen LogP contribution is -2.10. The highest BCUT2D eigenvalue weighted by molar-refractivity contribution is 7.18. The quantitative estimate of drug-likeness (QED) is 0.711. The smallest absolute Gasteiger partial charge is 0.260 e. The molecule has 2 aromatic heterocycles. The van der Waals surface area contributed by atoms with Crippen LogP contribution in [0.1, 0.15) is 21.8 Å². The van der Waals surface area contributed by atoms with Crippen LogP contribution in [0.25, 0.3) is 21.9 Å². The van der Waals surface area contributed by atoms with Gasteiger partial charge in [-0.15, -0.1) is 11.3 Å². The summed E-state index contributed by atoms with van der Waals surface area (Å²) in [5.41, 5.74) is 1.64. The van der Waals surface area contributed by atoms with Gasteiger partial charge in [0.15, 0.2) is 5.82 Å². The highest BCUT2D eigenvalue weighted by Crippen LogP contribution is 2.28. The molecule has 0 saturated heterocycles. The van der Waals surface area contributed by atoms with Crippen LogP contribution in [0.2, 0.25) is 0 Å². The van der Waals surface area contributed by atoms with Crippen LogP contribution >= 0.6 is 11.3 Å². The Morgan fingerprint density at radius 1 is 1.23 bits per heavy atom. The number of aryl methyl sites for hydroxylation is 2. The average molecular weight is 367 g/mol. The Balaban J connectivity index is 2.15. The molecule has 2 heterocycles. The third-order valence-electron chi connectivity index (χ3n) is 4.10. The summed E-state index contributed by atoms with van der Waals surface area (Å²) in [5, 5.41) is 10.2. The molecule has 0 atom stereocenters. The van der Waals surface area contributed by atoms with E-state index >= 15 is 0 Å². The minimum atomic E-state index is -0.240. The summed E-state index contributed by atoms with van der Waals surface area (Å²) in [6.45, 7) is 3.85. The van der Waals surface area contributed by atoms with Crippen molar-refractivity contribution in [1.29, 1.82) is 5.26 Å². The molecule has 0 unspecified atom stereocenters. The summed E-state index contributed by atoms with van der Waals surface area (Å²) in [4.78, 5) is 21.3. The molecule has 26 heavy (non-hydrogen) atoms. The number of H-pyrrole nitrogens is 1. The van der Waals surface area contributed by atoms with Crippen molar-refractivity contribution in [1.82, 2.24) is 9.97 Å². The molecule has 0 spiro atoms. The molecule has 3 aromatic rings. The van der Waals surface area contributed by atoms with Gasteiger partial charge in [-0.05, 0) is 43.2 Å². The second-order valence-electron chi connectivity index (χ2n) is 5.69. The Bertz CT molecular complexity index is 1100. The van der Waals surface area contributed by atoms with E-state index in [0.717, 1.165) is 10.4 Å². The molecule has 0 aliphatic rings. The van der Waals surface area contributed by atoms with Gasteiger partial charge in [-0.2, -0.15) is 5.26 Å². The minimum Gasteiger partial charge on any atom is -0.497 e. The van der Waals surface area contributed by atoms with Crippen molar-refractivity contribution in [2.45, 2.75) is 13.8 Å². The number of thiophene rings is 1. The number of nitrogens with zero attached hydrogens (tertiary/aromatic N) is 2. The molecule has 7 heteroatoms. The fourth-order valence-electron chi connectivity index (χ4n) is 2.62. The summed E-state index contributed by atoms with van der Waals surface area (Å²) in [6.07, 6.45) is 1.64. The highest BCUT2D eigenvalue weighted by Gasteiger charge is 2.14. The first kappa shape index (κ1) is 17.7. The maximum Gasteiger partial charge on any atom is 0.260 e. The van der Waals surface area contributed by atoms with E-state index in [1.165, 1.54) is 11.3 Å². The predicted molar refractivity (Wildman–Crippen MR) is 103 cm³/mol. The van der Waals surface area contributed by atoms with Gasteiger partial charge in [0.25, 0.3) is 5.56 Å². The zero-order valence-electron chi connectivity index (χ0n) is 14.8. The molecule has 0 bridgehead atoms. The average Bonchev–Trinajstić information content (AvgIpc) is 2.93. The van der Waals surface area contributed by atoms with E-state index in [1.807, 2.05) is 13.8 Å². The monoisotopic (exact) mass is 367 g/mol. The molecule has 3 rings (SSSR count). The maximum atomic E-state index is 12.4. The van der Waals surface area contributed by atoms with Crippen molar-refractivity contribution in [2.75, 3.05) is 14.2 Å². The van der Waals surface area contributed by atoms with Crippen molar-refractivity contribution < 1.29 is 9.47 Å². The number of methoxy groups -OCH3 is 2. The normalized spacial score (nSPS) is 11.4. The van der Waals surface area contributed by atoms with Gasteiger partial charge < -0.3 is 14.5 Å². The van der Waals surface area contributed by atoms with E-state index < -0.39 is 0 Å². The molecule has 0 radical (unpaired) electrons. The summed E-state index contributed by atoms with van der Waals surface area (Å²) in [6, 6.07) is 7.40. The fraction of sp³-hybridized carbons (Fsp3) is 0.211. The van der Waals surface area contributed by atoms with Crippen LogP contribution in [0, 0.1) is 25.2 Å². The highest BCUT2D eigenvalue weighted by atomic mass is 32.1. The molecule has 6 nitrogen and oxygen atoms in total. The van der Waals surface area contributed by atoms with Gasteiger partial charge >= 0.3 is 0 Å². The van der Waals surface area contributed by atoms with Crippen molar-refractivity contribution in [3.63, 3.8) is 0 Å². The van der Waals surface area contributed by atoms with E-state index in [2.05, 4.69) is 16.0 Å². The fourth-order valence-corrected chi connectivity index (χ4v) is 3.65. The van der Waals surface area contributed by atoms with Gasteiger partial charge in [0, 0.05) is 10.9 Å². The lowest BCUT2D eigenvalue weighted by molar-refractivity contribution is 0.394. The summed E-state index contributed by atoms with van der Waals surface area (Å²) >= 11 is 1.45. The summed E-state index contributed by atoms with van der Waals surface area (Å²) in [5.74, 6) is 1.46. The Morgan fingerprint density at radius 2 is 1.88 bits per heavy atom. The Labute approximate surface area is 154 Å². The lowest BCUT2D eigenvalue weighted by Gasteiger charge is -2.06. The van der Waals surface area contributed by atoms with Gasteiger partial charge in [0.05, 0.1) is 25.2 Å². The van der Waals surface area contributed by atoms with E-state index in [0.29, 0.717) is 27.3 Å². The molecule has 0 fully saturated rings. The second kappa shape index (κ2) is 7.02. The van der Waals surface area contributed by atoms with Crippen LogP contribution in [0.4, 0.5) is 0 Å². The third-order valence-corrected chi connectivity index (χ3v) is 5.20. The molecule has 1 N–H and O–H groups in total. The number of allylic oxidation sites excluding steroid dienone is 1. The van der Waals surface area contributed by atoms with Gasteiger partial charge in [0.2, 0.25) is 0 Å². The van der Waals surface area contributed by atoms with Crippen molar-refractivity contribution in [3.05, 3.63) is 50.4 Å². The molecule has 0 saturated carbocycles. The Morgan fingerprint density at radius 3 is 2.46 bits per heavy atom. The summed E-state index contributed by atoms with van der Waals surface area (Å²) in [7, 11) is 3.11. The number of rotatable bonds is 4. The maximum absolute atomic E-state index is 12.4. The van der Waals surface area contributed by atoms with E-state index in [9.17, 15) is 10.1 Å². The number of aromatic nitrogens is 2. The first-order chi connectivity index (χ1) is 12.5. The van der Waals surface area contributed by atoms with Crippen LogP contribution in [0.15, 0.2) is 23.0 Å². The standard InChI is InChI=1S/C19H17N3O3S/c1-10-11(2)26-19-16(10)18(23)21-17(22-19)13(9-20)5-12-6-14(24-3)8-15(7-12)25-4/h5-8H,1-4H3,(H,21,22,23)/b13-5+. The van der Waals surface area contributed by atoms with Gasteiger partial charge in [-0.25, -0.2) is 4.98 Å². The third kappa shape index (κ3) is 3.19. The number of hydrogen-bond donors (Lipinski definition) is 1. The minimum absolute atomic E-state index is 0.240. The first-order valence-corrected chi connectivity index (χ1v) is 8.63. The Kier molecular flexibility index (Phi) is 4.78. The lowest BCUT2D eigenvalue weighted by atomic mass is 10.1. The zero-order valence-corrected chi connectivity index (χ0v) is 15.7. The number of fused-ring (bicyclic) bond motifs is 1. The van der Waals surface area contributed by atoms with Crippen LogP contribution in [-0.4, -0.2) is 24.2 Å².